The summed E-state index contributed by atoms with van der Waals surface area (Å²) in [5.74, 6) is 1.27. The summed E-state index contributed by atoms with van der Waals surface area (Å²) < 4.78 is 5.29. The van der Waals surface area contributed by atoms with Gasteiger partial charge < -0.3 is 4.42 Å². The second-order valence-electron chi connectivity index (χ2n) is 3.94. The molecule has 3 nitrogen and oxygen atoms in total. The Bertz CT molecular complexity index is 258. The highest BCUT2D eigenvalue weighted by Crippen LogP contribution is 2.20. The van der Waals surface area contributed by atoms with Crippen molar-refractivity contribution in [3.8, 4) is 0 Å². The number of hydrogen-bond donors (Lipinski definition) is 1. The molecule has 1 saturated heterocycles. The zero-order valence-electron chi connectivity index (χ0n) is 8.28. The van der Waals surface area contributed by atoms with Gasteiger partial charge in [0.25, 0.3) is 0 Å². The topological polar surface area (TPSA) is 47.5 Å². The van der Waals surface area contributed by atoms with E-state index in [0.29, 0.717) is 5.92 Å². The van der Waals surface area contributed by atoms with E-state index < -0.39 is 0 Å². The van der Waals surface area contributed by atoms with Crippen molar-refractivity contribution in [3.05, 3.63) is 24.2 Å². The number of furan rings is 1. The molecule has 1 aromatic heterocycles. The highest BCUT2D eigenvalue weighted by Gasteiger charge is 2.22. The smallest absolute Gasteiger partial charge is 0.104 e. The molecular weight excluding hydrogens is 176 g/mol. The van der Waals surface area contributed by atoms with Crippen molar-refractivity contribution in [3.63, 3.8) is 0 Å². The second kappa shape index (κ2) is 4.62. The zero-order valence-corrected chi connectivity index (χ0v) is 8.28. The molecule has 2 atom stereocenters. The third-order valence-corrected chi connectivity index (χ3v) is 2.85. The summed E-state index contributed by atoms with van der Waals surface area (Å²) in [5.41, 5.74) is 9.79. The van der Waals surface area contributed by atoms with Crippen LogP contribution in [0.5, 0.6) is 0 Å². The Hall–Kier alpha value is -0.800. The van der Waals surface area contributed by atoms with Gasteiger partial charge in [-0.15, -0.1) is 5.73 Å². The highest BCUT2D eigenvalue weighted by molar-refractivity contribution is 5.00. The fourth-order valence-electron chi connectivity index (χ4n) is 2.01. The lowest BCUT2D eigenvalue weighted by atomic mass is 9.96. The molecular formula is C11H16N2O. The van der Waals surface area contributed by atoms with Crippen molar-refractivity contribution in [1.82, 2.24) is 11.1 Å². The third-order valence-electron chi connectivity index (χ3n) is 2.85. The normalized spacial score (nSPS) is 28.6. The van der Waals surface area contributed by atoms with Gasteiger partial charge in [-0.05, 0) is 37.4 Å². The van der Waals surface area contributed by atoms with Gasteiger partial charge in [0, 0.05) is 6.42 Å². The molecule has 1 aliphatic heterocycles. The Balaban J connectivity index is 1.94. The maximum atomic E-state index is 9.79. The fraction of sp³-hybridized carbons (Fsp3) is 0.636. The first-order valence-electron chi connectivity index (χ1n) is 5.30. The van der Waals surface area contributed by atoms with Crippen LogP contribution in [-0.2, 0) is 6.42 Å². The summed E-state index contributed by atoms with van der Waals surface area (Å²) in [6.45, 7) is 0.926. The van der Waals surface area contributed by atoms with Crippen LogP contribution in [0.15, 0.2) is 22.8 Å². The summed E-state index contributed by atoms with van der Waals surface area (Å²) in [6.07, 6.45) is 5.57. The lowest BCUT2D eigenvalue weighted by Crippen LogP contribution is -2.36. The van der Waals surface area contributed by atoms with Crippen LogP contribution in [0.1, 0.15) is 25.0 Å². The molecule has 2 rings (SSSR count). The molecule has 1 aliphatic rings. The zero-order chi connectivity index (χ0) is 9.80. The van der Waals surface area contributed by atoms with Gasteiger partial charge in [0.15, 0.2) is 0 Å². The highest BCUT2D eigenvalue weighted by atomic mass is 16.3. The molecule has 1 aromatic rings. The van der Waals surface area contributed by atoms with Gasteiger partial charge in [0.1, 0.15) is 5.76 Å². The number of rotatable bonds is 2. The van der Waals surface area contributed by atoms with E-state index in [4.69, 9.17) is 4.42 Å². The van der Waals surface area contributed by atoms with Crippen LogP contribution in [0.4, 0.5) is 0 Å². The quantitative estimate of drug-likeness (QED) is 0.773. The average molecular weight is 192 g/mol. The molecule has 2 unspecified atom stereocenters. The molecule has 76 valence electrons. The molecule has 14 heavy (non-hydrogen) atoms. The van der Waals surface area contributed by atoms with Gasteiger partial charge >= 0.3 is 0 Å². The monoisotopic (exact) mass is 192 g/mol. The average Bonchev–Trinajstić information content (AvgIpc) is 2.60. The third kappa shape index (κ3) is 2.36. The van der Waals surface area contributed by atoms with Gasteiger partial charge in [0.2, 0.25) is 0 Å². The van der Waals surface area contributed by atoms with Crippen LogP contribution in [0, 0.1) is 5.92 Å². The molecule has 2 heterocycles. The van der Waals surface area contributed by atoms with Crippen molar-refractivity contribution < 1.29 is 4.42 Å². The largest absolute Gasteiger partial charge is 0.469 e. The van der Waals surface area contributed by atoms with E-state index in [1.165, 1.54) is 6.42 Å². The van der Waals surface area contributed by atoms with E-state index in [9.17, 15) is 5.73 Å². The van der Waals surface area contributed by atoms with Gasteiger partial charge in [-0.1, -0.05) is 6.42 Å². The SMILES string of the molecule is [N]C1NCCCCC1Cc1ccco1. The standard InChI is InChI=1S/C11H16N2O/c12-11-9(4-1-2-6-13-11)8-10-5-3-7-14-10/h3,5,7,9,11,13H,1-2,4,6,8H2. The molecule has 0 bridgehead atoms. The number of nitrogens with zero attached hydrogens (tertiary/aromatic N) is 1. The Morgan fingerprint density at radius 2 is 2.43 bits per heavy atom. The Kier molecular flexibility index (Phi) is 3.22. The van der Waals surface area contributed by atoms with Crippen LogP contribution < -0.4 is 11.1 Å². The maximum absolute atomic E-state index is 9.79. The predicted octanol–water partition coefficient (Wildman–Crippen LogP) is 1.61. The summed E-state index contributed by atoms with van der Waals surface area (Å²) in [6, 6.07) is 3.86. The van der Waals surface area contributed by atoms with E-state index in [2.05, 4.69) is 5.32 Å². The van der Waals surface area contributed by atoms with E-state index in [-0.39, 0.29) is 6.17 Å². The lowest BCUT2D eigenvalue weighted by Gasteiger charge is -2.18. The first-order chi connectivity index (χ1) is 6.86. The maximum Gasteiger partial charge on any atom is 0.104 e. The summed E-state index contributed by atoms with van der Waals surface area (Å²) in [4.78, 5) is 0. The van der Waals surface area contributed by atoms with E-state index >= 15 is 0 Å². The predicted molar refractivity (Wildman–Crippen MR) is 53.7 cm³/mol. The van der Waals surface area contributed by atoms with Crippen LogP contribution >= 0.6 is 0 Å². The van der Waals surface area contributed by atoms with Crippen LogP contribution in [0.25, 0.3) is 0 Å². The first-order valence-corrected chi connectivity index (χ1v) is 5.30. The molecule has 3 heteroatoms. The van der Waals surface area contributed by atoms with E-state index in [1.807, 2.05) is 12.1 Å². The Morgan fingerprint density at radius 1 is 1.50 bits per heavy atom. The van der Waals surface area contributed by atoms with E-state index in [0.717, 1.165) is 31.6 Å². The summed E-state index contributed by atoms with van der Waals surface area (Å²) >= 11 is 0. The minimum atomic E-state index is -0.373. The summed E-state index contributed by atoms with van der Waals surface area (Å²) in [7, 11) is 0. The molecule has 0 spiro atoms. The van der Waals surface area contributed by atoms with Gasteiger partial charge in [0.05, 0.1) is 12.4 Å². The molecule has 2 radical (unpaired) electrons. The van der Waals surface area contributed by atoms with Crippen LogP contribution in [0.3, 0.4) is 0 Å². The van der Waals surface area contributed by atoms with E-state index in [1.54, 1.807) is 6.26 Å². The molecule has 0 aliphatic carbocycles. The van der Waals surface area contributed by atoms with Crippen LogP contribution in [0.2, 0.25) is 0 Å². The molecule has 0 amide bonds. The lowest BCUT2D eigenvalue weighted by molar-refractivity contribution is 0.334. The Labute approximate surface area is 84.7 Å². The number of hydrogen-bond acceptors (Lipinski definition) is 2. The van der Waals surface area contributed by atoms with Gasteiger partial charge in [-0.2, -0.15) is 0 Å². The van der Waals surface area contributed by atoms with Gasteiger partial charge in [-0.3, -0.25) is 5.32 Å². The Morgan fingerprint density at radius 3 is 3.21 bits per heavy atom. The van der Waals surface area contributed by atoms with Crippen molar-refractivity contribution >= 4 is 0 Å². The van der Waals surface area contributed by atoms with Crippen molar-refractivity contribution in [2.45, 2.75) is 31.8 Å². The fourth-order valence-corrected chi connectivity index (χ4v) is 2.01. The molecule has 1 fully saturated rings. The second-order valence-corrected chi connectivity index (χ2v) is 3.94. The number of nitrogens with one attached hydrogen (secondary N) is 1. The first kappa shape index (κ1) is 9.74. The molecule has 0 aromatic carbocycles. The van der Waals surface area contributed by atoms with Crippen LogP contribution in [-0.4, -0.2) is 12.7 Å². The molecule has 0 saturated carbocycles. The summed E-state index contributed by atoms with van der Waals surface area (Å²) in [5, 5.41) is 3.12. The van der Waals surface area contributed by atoms with Crippen molar-refractivity contribution in [2.75, 3.05) is 6.54 Å². The minimum absolute atomic E-state index is 0.295. The van der Waals surface area contributed by atoms with Crippen molar-refractivity contribution in [1.29, 1.82) is 0 Å². The minimum Gasteiger partial charge on any atom is -0.469 e. The van der Waals surface area contributed by atoms with Crippen molar-refractivity contribution in [2.24, 2.45) is 5.92 Å². The molecule has 1 N–H and O–H groups in total. The van der Waals surface area contributed by atoms with Gasteiger partial charge in [-0.25, -0.2) is 0 Å².